The summed E-state index contributed by atoms with van der Waals surface area (Å²) in [5.41, 5.74) is 7.18. The van der Waals surface area contributed by atoms with Crippen molar-refractivity contribution in [3.63, 3.8) is 0 Å². The second-order valence-corrected chi connectivity index (χ2v) is 10.8. The van der Waals surface area contributed by atoms with Crippen LogP contribution in [0.1, 0.15) is 44.4 Å². The molecule has 2 aromatic carbocycles. The summed E-state index contributed by atoms with van der Waals surface area (Å²) >= 11 is 3.60. The largest absolute Gasteiger partial charge is 0.497 e. The number of hydrogen-bond donors (Lipinski definition) is 0. The Bertz CT molecular complexity index is 1190. The number of methoxy groups -OCH3 is 1. The molecule has 0 N–H and O–H groups in total. The van der Waals surface area contributed by atoms with Crippen LogP contribution in [0.4, 0.5) is 5.69 Å². The fraction of sp³-hybridized carbons (Fsp3) is 0.290. The van der Waals surface area contributed by atoms with Crippen molar-refractivity contribution in [3.05, 3.63) is 118 Å². The standard InChI is InChI=1S/C31H36BrNO/c1-22-16-17-24(32)20-26(22)30(3,4)23(2)14-12-10-9-11-13-15-29-31(5,6)27-21-25(34-8)18-19-28(27)33(29)7/h9-21H,2H2,1,3-8H3/b10-9+,13-11+,14-12+,29-15+. The summed E-state index contributed by atoms with van der Waals surface area (Å²) in [6, 6.07) is 12.7. The molecule has 0 aromatic heterocycles. The second-order valence-electron chi connectivity index (χ2n) is 9.86. The van der Waals surface area contributed by atoms with Crippen LogP contribution in [0.5, 0.6) is 5.75 Å². The van der Waals surface area contributed by atoms with E-state index in [4.69, 9.17) is 4.74 Å². The van der Waals surface area contributed by atoms with E-state index in [0.29, 0.717) is 0 Å². The molecule has 1 aliphatic rings. The first kappa shape index (κ1) is 25.8. The molecule has 0 fully saturated rings. The highest BCUT2D eigenvalue weighted by Crippen LogP contribution is 2.48. The fourth-order valence-electron chi connectivity index (χ4n) is 4.60. The Hall–Kier alpha value is -2.78. The fourth-order valence-corrected chi connectivity index (χ4v) is 4.96. The molecule has 2 nitrogen and oxygen atoms in total. The van der Waals surface area contributed by atoms with E-state index in [9.17, 15) is 0 Å². The molecule has 0 aliphatic carbocycles. The van der Waals surface area contributed by atoms with Crippen molar-refractivity contribution in [3.8, 4) is 5.75 Å². The van der Waals surface area contributed by atoms with Crippen LogP contribution in [-0.4, -0.2) is 14.2 Å². The number of ether oxygens (including phenoxy) is 1. The molecule has 0 saturated carbocycles. The van der Waals surface area contributed by atoms with Gasteiger partial charge in [-0.05, 0) is 65.6 Å². The number of nitrogens with zero attached hydrogens (tertiary/aromatic N) is 1. The summed E-state index contributed by atoms with van der Waals surface area (Å²) in [4.78, 5) is 2.26. The molecule has 1 heterocycles. The van der Waals surface area contributed by atoms with Crippen LogP contribution >= 0.6 is 15.9 Å². The van der Waals surface area contributed by atoms with Gasteiger partial charge in [0, 0.05) is 33.7 Å². The van der Waals surface area contributed by atoms with E-state index >= 15 is 0 Å². The Morgan fingerprint density at radius 3 is 2.41 bits per heavy atom. The molecule has 2 aromatic rings. The van der Waals surface area contributed by atoms with E-state index in [-0.39, 0.29) is 10.8 Å². The van der Waals surface area contributed by atoms with Gasteiger partial charge in [0.15, 0.2) is 0 Å². The molecule has 0 bridgehead atoms. The van der Waals surface area contributed by atoms with Gasteiger partial charge in [-0.2, -0.15) is 0 Å². The van der Waals surface area contributed by atoms with Gasteiger partial charge >= 0.3 is 0 Å². The minimum Gasteiger partial charge on any atom is -0.497 e. The van der Waals surface area contributed by atoms with Gasteiger partial charge in [0.05, 0.1) is 7.11 Å². The lowest BCUT2D eigenvalue weighted by Gasteiger charge is -2.28. The average molecular weight is 519 g/mol. The second kappa shape index (κ2) is 10.2. The number of halogens is 1. The van der Waals surface area contributed by atoms with Gasteiger partial charge < -0.3 is 9.64 Å². The Balaban J connectivity index is 1.68. The monoisotopic (exact) mass is 517 g/mol. The van der Waals surface area contributed by atoms with Crippen LogP contribution < -0.4 is 9.64 Å². The predicted molar refractivity (Wildman–Crippen MR) is 151 cm³/mol. The minimum absolute atomic E-state index is 0.0829. The van der Waals surface area contributed by atoms with Gasteiger partial charge in [0.25, 0.3) is 0 Å². The summed E-state index contributed by atoms with van der Waals surface area (Å²) in [6.07, 6.45) is 14.6. The van der Waals surface area contributed by atoms with E-state index in [1.54, 1.807) is 7.11 Å². The third-order valence-electron chi connectivity index (χ3n) is 6.91. The molecule has 34 heavy (non-hydrogen) atoms. The van der Waals surface area contributed by atoms with Crippen molar-refractivity contribution in [2.45, 2.75) is 45.4 Å². The van der Waals surface area contributed by atoms with Crippen molar-refractivity contribution in [1.82, 2.24) is 0 Å². The van der Waals surface area contributed by atoms with Crippen molar-refractivity contribution in [1.29, 1.82) is 0 Å². The lowest BCUT2D eigenvalue weighted by Crippen LogP contribution is -2.22. The van der Waals surface area contributed by atoms with Gasteiger partial charge in [0.1, 0.15) is 5.75 Å². The molecule has 0 amide bonds. The molecule has 0 radical (unpaired) electrons. The van der Waals surface area contributed by atoms with Gasteiger partial charge in [-0.1, -0.05) is 92.7 Å². The van der Waals surface area contributed by atoms with E-state index in [2.05, 4.69) is 136 Å². The topological polar surface area (TPSA) is 12.5 Å². The first-order valence-corrected chi connectivity index (χ1v) is 12.4. The van der Waals surface area contributed by atoms with Crippen LogP contribution in [0.2, 0.25) is 0 Å². The number of rotatable bonds is 7. The minimum atomic E-state index is -0.144. The number of fused-ring (bicyclic) bond motifs is 1. The van der Waals surface area contributed by atoms with E-state index in [0.717, 1.165) is 15.8 Å². The zero-order valence-electron chi connectivity index (χ0n) is 21.4. The number of allylic oxidation sites excluding steroid dienone is 9. The molecular weight excluding hydrogens is 482 g/mol. The predicted octanol–water partition coefficient (Wildman–Crippen LogP) is 8.58. The first-order chi connectivity index (χ1) is 16.0. The molecule has 1 aliphatic heterocycles. The Morgan fingerprint density at radius 1 is 1.03 bits per heavy atom. The molecule has 0 atom stereocenters. The normalized spacial score (nSPS) is 16.8. The molecule has 3 rings (SSSR count). The lowest BCUT2D eigenvalue weighted by molar-refractivity contribution is 0.413. The summed E-state index contributed by atoms with van der Waals surface area (Å²) in [6.45, 7) is 15.4. The molecule has 0 unspecified atom stereocenters. The highest BCUT2D eigenvalue weighted by molar-refractivity contribution is 9.10. The van der Waals surface area contributed by atoms with Crippen molar-refractivity contribution in [2.75, 3.05) is 19.1 Å². The average Bonchev–Trinajstić information content (AvgIpc) is 2.99. The molecule has 0 spiro atoms. The summed E-state index contributed by atoms with van der Waals surface area (Å²) in [5, 5.41) is 0. The van der Waals surface area contributed by atoms with Gasteiger partial charge in [-0.3, -0.25) is 0 Å². The van der Waals surface area contributed by atoms with E-state index in [1.165, 1.54) is 28.1 Å². The Kier molecular flexibility index (Phi) is 7.77. The number of anilines is 1. The van der Waals surface area contributed by atoms with Crippen LogP contribution in [-0.2, 0) is 10.8 Å². The number of likely N-dealkylation sites (N-methyl/N-ethyl adjacent to an activating group) is 1. The third kappa shape index (κ3) is 5.15. The first-order valence-electron chi connectivity index (χ1n) is 11.6. The Morgan fingerprint density at radius 2 is 1.71 bits per heavy atom. The highest BCUT2D eigenvalue weighted by Gasteiger charge is 2.38. The Labute approximate surface area is 214 Å². The SMILES string of the molecule is C=C(/C=C/C=C/C=C/C=C1/N(C)c2ccc(OC)cc2C1(C)C)C(C)(C)c1cc(Br)ccc1C. The molecule has 3 heteroatoms. The van der Waals surface area contributed by atoms with Crippen LogP contribution in [0.25, 0.3) is 0 Å². The maximum atomic E-state index is 5.44. The van der Waals surface area contributed by atoms with Crippen molar-refractivity contribution in [2.24, 2.45) is 0 Å². The maximum Gasteiger partial charge on any atom is 0.119 e. The number of hydrogen-bond acceptors (Lipinski definition) is 2. The number of aryl methyl sites for hydroxylation is 1. The van der Waals surface area contributed by atoms with Crippen molar-refractivity contribution < 1.29 is 4.74 Å². The number of benzene rings is 2. The van der Waals surface area contributed by atoms with Crippen LogP contribution in [0.15, 0.2) is 101 Å². The van der Waals surface area contributed by atoms with E-state index in [1.807, 2.05) is 12.1 Å². The van der Waals surface area contributed by atoms with E-state index < -0.39 is 0 Å². The molecular formula is C31H36BrNO. The van der Waals surface area contributed by atoms with Gasteiger partial charge in [-0.15, -0.1) is 0 Å². The van der Waals surface area contributed by atoms with Gasteiger partial charge in [-0.25, -0.2) is 0 Å². The zero-order chi connectivity index (χ0) is 25.1. The smallest absolute Gasteiger partial charge is 0.119 e. The zero-order valence-corrected chi connectivity index (χ0v) is 23.0. The third-order valence-corrected chi connectivity index (χ3v) is 7.41. The summed E-state index contributed by atoms with van der Waals surface area (Å²) < 4.78 is 6.53. The quantitative estimate of drug-likeness (QED) is 0.341. The van der Waals surface area contributed by atoms with Gasteiger partial charge in [0.2, 0.25) is 0 Å². The highest BCUT2D eigenvalue weighted by atomic mass is 79.9. The van der Waals surface area contributed by atoms with Crippen LogP contribution in [0.3, 0.4) is 0 Å². The maximum absolute atomic E-state index is 5.44. The summed E-state index contributed by atoms with van der Waals surface area (Å²) in [5.74, 6) is 0.895. The lowest BCUT2D eigenvalue weighted by atomic mass is 9.76. The van der Waals surface area contributed by atoms with Crippen LogP contribution in [0, 0.1) is 6.92 Å². The summed E-state index contributed by atoms with van der Waals surface area (Å²) in [7, 11) is 3.84. The van der Waals surface area contributed by atoms with Crippen molar-refractivity contribution >= 4 is 21.6 Å². The molecule has 0 saturated heterocycles. The molecule has 178 valence electrons.